The van der Waals surface area contributed by atoms with Gasteiger partial charge in [-0.15, -0.1) is 0 Å². The minimum atomic E-state index is -0.291. The molecule has 0 radical (unpaired) electrons. The number of rotatable bonds is 3. The Labute approximate surface area is 136 Å². The molecule has 1 amide bonds. The molecular formula is C19H21NO3. The van der Waals surface area contributed by atoms with E-state index >= 15 is 0 Å². The second-order valence-electron chi connectivity index (χ2n) is 5.53. The van der Waals surface area contributed by atoms with E-state index in [1.54, 1.807) is 12.0 Å². The summed E-state index contributed by atoms with van der Waals surface area (Å²) < 4.78 is 10.5. The van der Waals surface area contributed by atoms with Gasteiger partial charge < -0.3 is 9.47 Å². The number of carbonyl (C=O) groups excluding carboxylic acids is 1. The van der Waals surface area contributed by atoms with Gasteiger partial charge in [0.1, 0.15) is 5.75 Å². The third kappa shape index (κ3) is 3.02. The fourth-order valence-corrected chi connectivity index (χ4v) is 3.11. The minimum absolute atomic E-state index is 0.0187. The predicted octanol–water partition coefficient (Wildman–Crippen LogP) is 4.35. The van der Waals surface area contributed by atoms with Crippen LogP contribution >= 0.6 is 0 Å². The highest BCUT2D eigenvalue weighted by Gasteiger charge is 2.32. The van der Waals surface area contributed by atoms with Crippen molar-refractivity contribution < 1.29 is 14.3 Å². The summed E-state index contributed by atoms with van der Waals surface area (Å²) in [6, 6.07) is 15.9. The van der Waals surface area contributed by atoms with Gasteiger partial charge in [0.2, 0.25) is 0 Å². The molecule has 0 N–H and O–H groups in total. The van der Waals surface area contributed by atoms with Gasteiger partial charge >= 0.3 is 6.09 Å². The van der Waals surface area contributed by atoms with Crippen molar-refractivity contribution in [2.75, 3.05) is 18.6 Å². The highest BCUT2D eigenvalue weighted by molar-refractivity contribution is 5.90. The van der Waals surface area contributed by atoms with Gasteiger partial charge in [0.15, 0.2) is 0 Å². The van der Waals surface area contributed by atoms with E-state index in [1.165, 1.54) is 5.56 Å². The Morgan fingerprint density at radius 1 is 1.17 bits per heavy atom. The summed E-state index contributed by atoms with van der Waals surface area (Å²) in [6.07, 6.45) is 1.53. The highest BCUT2D eigenvalue weighted by Crippen LogP contribution is 2.39. The maximum Gasteiger partial charge on any atom is 0.414 e. The molecule has 1 heterocycles. The summed E-state index contributed by atoms with van der Waals surface area (Å²) >= 11 is 0. The van der Waals surface area contributed by atoms with Crippen LogP contribution in [0, 0.1) is 0 Å². The Hall–Kier alpha value is -2.49. The second-order valence-corrected chi connectivity index (χ2v) is 5.53. The lowest BCUT2D eigenvalue weighted by atomic mass is 9.91. The molecule has 120 valence electrons. The molecule has 0 unspecified atom stereocenters. The van der Waals surface area contributed by atoms with Gasteiger partial charge in [-0.1, -0.05) is 30.3 Å². The largest absolute Gasteiger partial charge is 0.497 e. The molecule has 4 heteroatoms. The number of hydrogen-bond acceptors (Lipinski definition) is 3. The van der Waals surface area contributed by atoms with Crippen LogP contribution in [-0.4, -0.2) is 19.8 Å². The number of amides is 1. The van der Waals surface area contributed by atoms with Crippen LogP contribution in [0.5, 0.6) is 5.75 Å². The first-order chi connectivity index (χ1) is 11.2. The number of nitrogens with zero attached hydrogens (tertiary/aromatic N) is 1. The monoisotopic (exact) mass is 311 g/mol. The normalized spacial score (nSPS) is 16.6. The molecule has 1 atom stereocenters. The number of para-hydroxylation sites is 1. The SMILES string of the molecule is CCOC(=O)N1c2ccccc2CC[C@H]1c1ccc(OC)cc1. The third-order valence-corrected chi connectivity index (χ3v) is 4.22. The number of benzene rings is 2. The summed E-state index contributed by atoms with van der Waals surface area (Å²) in [7, 11) is 1.65. The zero-order chi connectivity index (χ0) is 16.2. The molecule has 0 bridgehead atoms. The molecule has 0 fully saturated rings. The van der Waals surface area contributed by atoms with Crippen LogP contribution < -0.4 is 9.64 Å². The fourth-order valence-electron chi connectivity index (χ4n) is 3.11. The van der Waals surface area contributed by atoms with E-state index in [0.717, 1.165) is 29.8 Å². The van der Waals surface area contributed by atoms with Gasteiger partial charge in [-0.05, 0) is 49.1 Å². The molecule has 4 nitrogen and oxygen atoms in total. The molecule has 1 aliphatic heterocycles. The van der Waals surface area contributed by atoms with Crippen LogP contribution in [0.2, 0.25) is 0 Å². The molecule has 0 aromatic heterocycles. The van der Waals surface area contributed by atoms with E-state index < -0.39 is 0 Å². The summed E-state index contributed by atoms with van der Waals surface area (Å²) in [5.74, 6) is 0.813. The van der Waals surface area contributed by atoms with Crippen molar-refractivity contribution in [2.45, 2.75) is 25.8 Å². The molecule has 3 rings (SSSR count). The van der Waals surface area contributed by atoms with Crippen LogP contribution in [0.15, 0.2) is 48.5 Å². The van der Waals surface area contributed by atoms with Crippen molar-refractivity contribution in [1.82, 2.24) is 0 Å². The van der Waals surface area contributed by atoms with Crippen LogP contribution in [0.4, 0.5) is 10.5 Å². The van der Waals surface area contributed by atoms with Gasteiger partial charge in [-0.3, -0.25) is 4.90 Å². The summed E-state index contributed by atoms with van der Waals surface area (Å²) in [6.45, 7) is 2.20. The molecule has 23 heavy (non-hydrogen) atoms. The number of fused-ring (bicyclic) bond motifs is 1. The van der Waals surface area contributed by atoms with E-state index in [2.05, 4.69) is 6.07 Å². The van der Waals surface area contributed by atoms with Crippen LogP contribution in [0.3, 0.4) is 0 Å². The number of anilines is 1. The van der Waals surface area contributed by atoms with E-state index in [-0.39, 0.29) is 12.1 Å². The standard InChI is InChI=1S/C19H21NO3/c1-3-23-19(21)20-17-7-5-4-6-14(17)10-13-18(20)15-8-11-16(22-2)12-9-15/h4-9,11-12,18H,3,10,13H2,1-2H3/t18-/m0/s1. The molecule has 0 spiro atoms. The first-order valence-electron chi connectivity index (χ1n) is 7.92. The first-order valence-corrected chi connectivity index (χ1v) is 7.92. The first kappa shape index (κ1) is 15.4. The topological polar surface area (TPSA) is 38.8 Å². The van der Waals surface area contributed by atoms with Gasteiger partial charge in [-0.2, -0.15) is 0 Å². The van der Waals surface area contributed by atoms with Crippen molar-refractivity contribution >= 4 is 11.8 Å². The average molecular weight is 311 g/mol. The minimum Gasteiger partial charge on any atom is -0.497 e. The second kappa shape index (κ2) is 6.73. The van der Waals surface area contributed by atoms with Crippen molar-refractivity contribution in [1.29, 1.82) is 0 Å². The fraction of sp³-hybridized carbons (Fsp3) is 0.316. The lowest BCUT2D eigenvalue weighted by molar-refractivity contribution is 0.156. The Morgan fingerprint density at radius 3 is 2.61 bits per heavy atom. The van der Waals surface area contributed by atoms with Gasteiger partial charge in [0, 0.05) is 0 Å². The lowest BCUT2D eigenvalue weighted by Crippen LogP contribution is -2.38. The molecule has 2 aromatic rings. The zero-order valence-electron chi connectivity index (χ0n) is 13.5. The summed E-state index contributed by atoms with van der Waals surface area (Å²) in [4.78, 5) is 14.3. The summed E-state index contributed by atoms with van der Waals surface area (Å²) in [5.41, 5.74) is 3.22. The van der Waals surface area contributed by atoms with E-state index in [0.29, 0.717) is 6.61 Å². The number of methoxy groups -OCH3 is 1. The zero-order valence-corrected chi connectivity index (χ0v) is 13.5. The Balaban J connectivity index is 1.99. The van der Waals surface area contributed by atoms with E-state index in [1.807, 2.05) is 49.4 Å². The van der Waals surface area contributed by atoms with Gasteiger partial charge in [0.05, 0.1) is 25.4 Å². The molecule has 0 aliphatic carbocycles. The third-order valence-electron chi connectivity index (χ3n) is 4.22. The predicted molar refractivity (Wildman–Crippen MR) is 90.0 cm³/mol. The van der Waals surface area contributed by atoms with Crippen molar-refractivity contribution in [3.63, 3.8) is 0 Å². The lowest BCUT2D eigenvalue weighted by Gasteiger charge is -2.36. The quantitative estimate of drug-likeness (QED) is 0.846. The van der Waals surface area contributed by atoms with Crippen molar-refractivity contribution in [2.24, 2.45) is 0 Å². The Bertz CT molecular complexity index is 681. The Kier molecular flexibility index (Phi) is 4.51. The number of carbonyl (C=O) groups is 1. The van der Waals surface area contributed by atoms with Crippen LogP contribution in [-0.2, 0) is 11.2 Å². The number of hydrogen-bond donors (Lipinski definition) is 0. The number of aryl methyl sites for hydroxylation is 1. The molecule has 0 saturated carbocycles. The van der Waals surface area contributed by atoms with Gasteiger partial charge in [0.25, 0.3) is 0 Å². The van der Waals surface area contributed by atoms with Crippen LogP contribution in [0.1, 0.15) is 30.5 Å². The van der Waals surface area contributed by atoms with E-state index in [4.69, 9.17) is 9.47 Å². The highest BCUT2D eigenvalue weighted by atomic mass is 16.6. The molecular weight excluding hydrogens is 290 g/mol. The van der Waals surface area contributed by atoms with Crippen LogP contribution in [0.25, 0.3) is 0 Å². The van der Waals surface area contributed by atoms with Crippen molar-refractivity contribution in [3.8, 4) is 5.75 Å². The smallest absolute Gasteiger partial charge is 0.414 e. The maximum absolute atomic E-state index is 12.5. The molecule has 1 aliphatic rings. The molecule has 0 saturated heterocycles. The number of ether oxygens (including phenoxy) is 2. The molecule has 2 aromatic carbocycles. The average Bonchev–Trinajstić information content (AvgIpc) is 2.61. The summed E-state index contributed by atoms with van der Waals surface area (Å²) in [5, 5.41) is 0. The maximum atomic E-state index is 12.5. The van der Waals surface area contributed by atoms with Gasteiger partial charge in [-0.25, -0.2) is 4.79 Å². The van der Waals surface area contributed by atoms with Crippen molar-refractivity contribution in [3.05, 3.63) is 59.7 Å². The van der Waals surface area contributed by atoms with E-state index in [9.17, 15) is 4.79 Å². The Morgan fingerprint density at radius 2 is 1.91 bits per heavy atom.